The first kappa shape index (κ1) is 20.1. The van der Waals surface area contributed by atoms with Crippen LogP contribution in [0.1, 0.15) is 28.1 Å². The summed E-state index contributed by atoms with van der Waals surface area (Å²) in [6, 6.07) is 9.87. The van der Waals surface area contributed by atoms with Gasteiger partial charge in [0.25, 0.3) is 0 Å². The van der Waals surface area contributed by atoms with Gasteiger partial charge >= 0.3 is 11.9 Å². The predicted octanol–water partition coefficient (Wildman–Crippen LogP) is 2.29. The molecule has 9 heteroatoms. The second-order valence-corrected chi connectivity index (χ2v) is 8.20. The summed E-state index contributed by atoms with van der Waals surface area (Å²) in [6.07, 6.45) is 0.357. The number of hydrogen-bond donors (Lipinski definition) is 2. The van der Waals surface area contributed by atoms with Crippen LogP contribution in [0.4, 0.5) is 0 Å². The van der Waals surface area contributed by atoms with Gasteiger partial charge in [0.2, 0.25) is 10.0 Å². The van der Waals surface area contributed by atoms with E-state index in [1.165, 1.54) is 18.6 Å². The lowest BCUT2D eigenvalue weighted by Crippen LogP contribution is -2.36. The summed E-state index contributed by atoms with van der Waals surface area (Å²) in [5.41, 5.74) is 0.895. The third kappa shape index (κ3) is 5.65. The van der Waals surface area contributed by atoms with Gasteiger partial charge in [0.05, 0.1) is 12.0 Å². The maximum atomic E-state index is 12.6. The fraction of sp³-hybridized carbons (Fsp3) is 0.294. The molecule has 2 aromatic rings. The predicted molar refractivity (Wildman–Crippen MR) is 96.8 cm³/mol. The lowest BCUT2D eigenvalue weighted by atomic mass is 10.0. The normalized spacial score (nSPS) is 12.5. The summed E-state index contributed by atoms with van der Waals surface area (Å²) in [7, 11) is -2.67. The molecule has 2 N–H and O–H groups in total. The highest BCUT2D eigenvalue weighted by atomic mass is 32.2. The van der Waals surface area contributed by atoms with Crippen molar-refractivity contribution < 1.29 is 27.9 Å². The van der Waals surface area contributed by atoms with E-state index in [1.807, 2.05) is 30.3 Å². The minimum Gasteiger partial charge on any atom is -0.481 e. The molecule has 0 bridgehead atoms. The Morgan fingerprint density at radius 1 is 1.27 bits per heavy atom. The lowest BCUT2D eigenvalue weighted by molar-refractivity contribution is -0.137. The van der Waals surface area contributed by atoms with Crippen molar-refractivity contribution in [3.8, 4) is 0 Å². The van der Waals surface area contributed by atoms with E-state index >= 15 is 0 Å². The number of thiophene rings is 1. The number of ether oxygens (including phenoxy) is 1. The van der Waals surface area contributed by atoms with Crippen molar-refractivity contribution in [2.45, 2.75) is 30.2 Å². The van der Waals surface area contributed by atoms with Crippen molar-refractivity contribution >= 4 is 33.3 Å². The Morgan fingerprint density at radius 2 is 1.96 bits per heavy atom. The van der Waals surface area contributed by atoms with Crippen molar-refractivity contribution in [1.82, 2.24) is 4.72 Å². The molecule has 0 radical (unpaired) electrons. The topological polar surface area (TPSA) is 110 Å². The smallest absolute Gasteiger partial charge is 0.348 e. The molecule has 0 fully saturated rings. The zero-order valence-electron chi connectivity index (χ0n) is 14.0. The Hall–Kier alpha value is -2.23. The van der Waals surface area contributed by atoms with Crippen molar-refractivity contribution in [3.63, 3.8) is 0 Å². The van der Waals surface area contributed by atoms with E-state index in [1.54, 1.807) is 0 Å². The number of methoxy groups -OCH3 is 1. The first-order valence-corrected chi connectivity index (χ1v) is 10.1. The molecule has 0 saturated carbocycles. The van der Waals surface area contributed by atoms with Gasteiger partial charge in [-0.2, -0.15) is 0 Å². The van der Waals surface area contributed by atoms with E-state index in [4.69, 9.17) is 5.11 Å². The number of nitrogens with one attached hydrogen (secondary N) is 1. The molecule has 0 amide bonds. The van der Waals surface area contributed by atoms with Gasteiger partial charge in [-0.15, -0.1) is 11.3 Å². The number of sulfonamides is 1. The Kier molecular flexibility index (Phi) is 6.90. The van der Waals surface area contributed by atoms with Crippen LogP contribution in [0, 0.1) is 0 Å². The average Bonchev–Trinajstić information content (AvgIpc) is 3.11. The number of carboxylic acid groups (broad SMARTS) is 1. The Balaban J connectivity index is 2.17. The minimum absolute atomic E-state index is 0.0451. The standard InChI is InChI=1S/C17H19NO6S2/c1-24-17(21)15-10-14(11-25-15)26(22,23)18-13(7-8-16(19)20)9-12-5-3-2-4-6-12/h2-6,10-11,13,18H,7-9H2,1H3,(H,19,20). The maximum absolute atomic E-state index is 12.6. The first-order chi connectivity index (χ1) is 12.3. The van der Waals surface area contributed by atoms with Gasteiger partial charge in [0.1, 0.15) is 4.88 Å². The van der Waals surface area contributed by atoms with Gasteiger partial charge in [-0.25, -0.2) is 17.9 Å². The number of carboxylic acids is 1. The van der Waals surface area contributed by atoms with Crippen LogP contribution in [0.25, 0.3) is 0 Å². The number of esters is 1. The fourth-order valence-electron chi connectivity index (χ4n) is 2.35. The third-order valence-electron chi connectivity index (χ3n) is 3.63. The van der Waals surface area contributed by atoms with E-state index < -0.39 is 28.0 Å². The molecule has 140 valence electrons. The molecule has 1 heterocycles. The SMILES string of the molecule is COC(=O)c1cc(S(=O)(=O)NC(CCC(=O)O)Cc2ccccc2)cs1. The molecule has 1 atom stereocenters. The molecule has 26 heavy (non-hydrogen) atoms. The Morgan fingerprint density at radius 3 is 2.58 bits per heavy atom. The van der Waals surface area contributed by atoms with E-state index in [9.17, 15) is 18.0 Å². The van der Waals surface area contributed by atoms with Crippen LogP contribution in [0.15, 0.2) is 46.7 Å². The van der Waals surface area contributed by atoms with Crippen molar-refractivity contribution in [1.29, 1.82) is 0 Å². The molecule has 7 nitrogen and oxygen atoms in total. The quantitative estimate of drug-likeness (QED) is 0.628. The summed E-state index contributed by atoms with van der Waals surface area (Å²) in [5.74, 6) is -1.60. The summed E-state index contributed by atoms with van der Waals surface area (Å²) >= 11 is 0.971. The summed E-state index contributed by atoms with van der Waals surface area (Å²) in [4.78, 5) is 22.5. The van der Waals surface area contributed by atoms with Crippen molar-refractivity contribution in [3.05, 3.63) is 52.2 Å². The van der Waals surface area contributed by atoms with Crippen LogP contribution in [-0.4, -0.2) is 38.6 Å². The van der Waals surface area contributed by atoms with Gasteiger partial charge in [0, 0.05) is 17.8 Å². The summed E-state index contributed by atoms with van der Waals surface area (Å²) < 4.78 is 32.3. The summed E-state index contributed by atoms with van der Waals surface area (Å²) in [6.45, 7) is 0. The van der Waals surface area contributed by atoms with Gasteiger partial charge in [0.15, 0.2) is 0 Å². The maximum Gasteiger partial charge on any atom is 0.348 e. The van der Waals surface area contributed by atoms with Crippen molar-refractivity contribution in [2.24, 2.45) is 0 Å². The molecule has 0 aliphatic rings. The molecule has 0 aliphatic carbocycles. The van der Waals surface area contributed by atoms with E-state index in [-0.39, 0.29) is 22.6 Å². The van der Waals surface area contributed by atoms with Gasteiger partial charge in [-0.05, 0) is 24.5 Å². The molecular formula is C17H19NO6S2. The molecule has 0 aliphatic heterocycles. The van der Waals surface area contributed by atoms with Gasteiger partial charge in [-0.1, -0.05) is 30.3 Å². The van der Waals surface area contributed by atoms with Crippen LogP contribution < -0.4 is 4.72 Å². The van der Waals surface area contributed by atoms with E-state index in [0.29, 0.717) is 6.42 Å². The highest BCUT2D eigenvalue weighted by Gasteiger charge is 2.23. The molecule has 0 spiro atoms. The second-order valence-electron chi connectivity index (χ2n) is 5.58. The first-order valence-electron chi connectivity index (χ1n) is 7.76. The third-order valence-corrected chi connectivity index (χ3v) is 6.19. The average molecular weight is 397 g/mol. The molecule has 2 rings (SSSR count). The molecule has 1 unspecified atom stereocenters. The minimum atomic E-state index is -3.89. The second kappa shape index (κ2) is 8.93. The lowest BCUT2D eigenvalue weighted by Gasteiger charge is -2.18. The van der Waals surface area contributed by atoms with Crippen LogP contribution in [0.5, 0.6) is 0 Å². The molecule has 1 aromatic carbocycles. The van der Waals surface area contributed by atoms with Gasteiger partial charge < -0.3 is 9.84 Å². The number of hydrogen-bond acceptors (Lipinski definition) is 6. The largest absolute Gasteiger partial charge is 0.481 e. The molecular weight excluding hydrogens is 378 g/mol. The van der Waals surface area contributed by atoms with Gasteiger partial charge in [-0.3, -0.25) is 4.79 Å². The number of carbonyl (C=O) groups is 2. The van der Waals surface area contributed by atoms with E-state index in [0.717, 1.165) is 16.9 Å². The Labute approximate surface area is 155 Å². The van der Waals surface area contributed by atoms with Crippen LogP contribution in [0.2, 0.25) is 0 Å². The monoisotopic (exact) mass is 397 g/mol. The number of rotatable bonds is 9. The zero-order valence-corrected chi connectivity index (χ0v) is 15.7. The van der Waals surface area contributed by atoms with E-state index in [2.05, 4.69) is 9.46 Å². The fourth-order valence-corrected chi connectivity index (χ4v) is 4.81. The zero-order chi connectivity index (χ0) is 19.2. The highest BCUT2D eigenvalue weighted by molar-refractivity contribution is 7.89. The number of carbonyl (C=O) groups excluding carboxylic acids is 1. The van der Waals surface area contributed by atoms with Crippen LogP contribution >= 0.6 is 11.3 Å². The van der Waals surface area contributed by atoms with Crippen LogP contribution in [-0.2, 0) is 26.0 Å². The Bertz CT molecular complexity index is 860. The van der Waals surface area contributed by atoms with Crippen LogP contribution in [0.3, 0.4) is 0 Å². The summed E-state index contributed by atoms with van der Waals surface area (Å²) in [5, 5.41) is 10.3. The highest BCUT2D eigenvalue weighted by Crippen LogP contribution is 2.21. The molecule has 0 saturated heterocycles. The number of benzene rings is 1. The van der Waals surface area contributed by atoms with Crippen molar-refractivity contribution in [2.75, 3.05) is 7.11 Å². The molecule has 1 aromatic heterocycles. The number of aliphatic carboxylic acids is 1.